The molecule has 0 radical (unpaired) electrons. The van der Waals surface area contributed by atoms with Crippen molar-refractivity contribution in [1.82, 2.24) is 4.98 Å². The molecule has 0 amide bonds. The van der Waals surface area contributed by atoms with E-state index in [1.807, 2.05) is 20.8 Å². The van der Waals surface area contributed by atoms with Crippen molar-refractivity contribution in [3.05, 3.63) is 29.1 Å². The van der Waals surface area contributed by atoms with Crippen LogP contribution in [0.15, 0.2) is 12.3 Å². The number of carboxylic acid groups (broad SMARTS) is 2. The number of hydrogen-bond donors (Lipinski definition) is 2. The molecule has 1 rings (SSSR count). The van der Waals surface area contributed by atoms with E-state index in [0.717, 1.165) is 0 Å². The third-order valence-electron chi connectivity index (χ3n) is 2.18. The van der Waals surface area contributed by atoms with Crippen molar-refractivity contribution < 1.29 is 19.8 Å². The van der Waals surface area contributed by atoms with Crippen molar-refractivity contribution in [3.63, 3.8) is 0 Å². The monoisotopic (exact) mass is 223 g/mol. The van der Waals surface area contributed by atoms with Crippen LogP contribution in [-0.4, -0.2) is 27.1 Å². The van der Waals surface area contributed by atoms with Gasteiger partial charge in [-0.2, -0.15) is 0 Å². The van der Waals surface area contributed by atoms with Gasteiger partial charge in [-0.3, -0.25) is 0 Å². The van der Waals surface area contributed by atoms with Gasteiger partial charge in [0.25, 0.3) is 0 Å². The summed E-state index contributed by atoms with van der Waals surface area (Å²) < 4.78 is 0. The highest BCUT2D eigenvalue weighted by Crippen LogP contribution is 2.27. The van der Waals surface area contributed by atoms with Crippen LogP contribution in [0.4, 0.5) is 0 Å². The molecular weight excluding hydrogens is 210 g/mol. The molecule has 0 unspecified atom stereocenters. The Morgan fingerprint density at radius 1 is 1.19 bits per heavy atom. The molecule has 0 fully saturated rings. The summed E-state index contributed by atoms with van der Waals surface area (Å²) in [6, 6.07) is 1.54. The lowest BCUT2D eigenvalue weighted by Gasteiger charge is -2.21. The number of carbonyl (C=O) groups is 2. The number of nitrogens with zero attached hydrogens (tertiary/aromatic N) is 1. The second kappa shape index (κ2) is 3.92. The van der Waals surface area contributed by atoms with Crippen molar-refractivity contribution in [1.29, 1.82) is 0 Å². The Morgan fingerprint density at radius 2 is 1.75 bits per heavy atom. The maximum atomic E-state index is 11.1. The second-order valence-electron chi connectivity index (χ2n) is 4.44. The molecule has 5 heteroatoms. The lowest BCUT2D eigenvalue weighted by Crippen LogP contribution is -2.21. The van der Waals surface area contributed by atoms with Crippen molar-refractivity contribution in [2.75, 3.05) is 0 Å². The Kier molecular flexibility index (Phi) is 2.98. The first-order valence-corrected chi connectivity index (χ1v) is 4.71. The molecule has 0 aromatic carbocycles. The van der Waals surface area contributed by atoms with Gasteiger partial charge in [0.05, 0.1) is 5.56 Å². The van der Waals surface area contributed by atoms with Crippen LogP contribution in [-0.2, 0) is 5.41 Å². The van der Waals surface area contributed by atoms with Gasteiger partial charge in [0.2, 0.25) is 0 Å². The standard InChI is InChI=1S/C11H13NO4/c1-11(2,3)6-4-5-12-8(10(15)16)7(6)9(13)14/h4-5H,1-3H3,(H,13,14)(H,15,16). The topological polar surface area (TPSA) is 87.5 Å². The average Bonchev–Trinajstić information content (AvgIpc) is 2.14. The van der Waals surface area contributed by atoms with Crippen LogP contribution in [0.3, 0.4) is 0 Å². The molecule has 1 aromatic rings. The molecule has 86 valence electrons. The van der Waals surface area contributed by atoms with E-state index in [1.165, 1.54) is 12.3 Å². The minimum Gasteiger partial charge on any atom is -0.478 e. The molecule has 0 bridgehead atoms. The summed E-state index contributed by atoms with van der Waals surface area (Å²) >= 11 is 0. The third-order valence-corrected chi connectivity index (χ3v) is 2.18. The smallest absolute Gasteiger partial charge is 0.355 e. The second-order valence-corrected chi connectivity index (χ2v) is 4.44. The summed E-state index contributed by atoms with van der Waals surface area (Å²) in [6.45, 7) is 5.46. The quantitative estimate of drug-likeness (QED) is 0.797. The zero-order chi connectivity index (χ0) is 12.5. The molecule has 16 heavy (non-hydrogen) atoms. The Hall–Kier alpha value is -1.91. The van der Waals surface area contributed by atoms with E-state index < -0.39 is 23.0 Å². The Morgan fingerprint density at radius 3 is 2.12 bits per heavy atom. The van der Waals surface area contributed by atoms with Crippen LogP contribution in [0, 0.1) is 0 Å². The normalized spacial score (nSPS) is 11.2. The van der Waals surface area contributed by atoms with Crippen molar-refractivity contribution in [3.8, 4) is 0 Å². The summed E-state index contributed by atoms with van der Waals surface area (Å²) in [4.78, 5) is 25.6. The molecule has 0 atom stereocenters. The van der Waals surface area contributed by atoms with Crippen LogP contribution >= 0.6 is 0 Å². The van der Waals surface area contributed by atoms with Crippen LogP contribution in [0.5, 0.6) is 0 Å². The Labute approximate surface area is 92.8 Å². The molecule has 0 aliphatic carbocycles. The van der Waals surface area contributed by atoms with Crippen molar-refractivity contribution in [2.45, 2.75) is 26.2 Å². The Balaban J connectivity index is 3.58. The van der Waals surface area contributed by atoms with Gasteiger partial charge in [-0.15, -0.1) is 0 Å². The highest BCUT2D eigenvalue weighted by Gasteiger charge is 2.27. The van der Waals surface area contributed by atoms with Gasteiger partial charge >= 0.3 is 11.9 Å². The predicted octanol–water partition coefficient (Wildman–Crippen LogP) is 1.78. The minimum absolute atomic E-state index is 0.234. The summed E-state index contributed by atoms with van der Waals surface area (Å²) in [6.07, 6.45) is 1.32. The van der Waals surface area contributed by atoms with E-state index in [-0.39, 0.29) is 5.56 Å². The van der Waals surface area contributed by atoms with Crippen LogP contribution in [0.1, 0.15) is 47.2 Å². The van der Waals surface area contributed by atoms with Gasteiger partial charge in [0, 0.05) is 6.20 Å². The van der Waals surface area contributed by atoms with Gasteiger partial charge in [0.1, 0.15) is 0 Å². The highest BCUT2D eigenvalue weighted by molar-refractivity contribution is 6.01. The number of pyridine rings is 1. The van der Waals surface area contributed by atoms with Crippen molar-refractivity contribution >= 4 is 11.9 Å². The van der Waals surface area contributed by atoms with Gasteiger partial charge in [-0.05, 0) is 17.0 Å². The van der Waals surface area contributed by atoms with Crippen LogP contribution in [0.25, 0.3) is 0 Å². The first-order chi connectivity index (χ1) is 7.25. The van der Waals surface area contributed by atoms with E-state index in [0.29, 0.717) is 5.56 Å². The molecule has 5 nitrogen and oxygen atoms in total. The SMILES string of the molecule is CC(C)(C)c1ccnc(C(=O)O)c1C(=O)O. The molecule has 0 spiro atoms. The fraction of sp³-hybridized carbons (Fsp3) is 0.364. The van der Waals surface area contributed by atoms with Gasteiger partial charge < -0.3 is 10.2 Å². The van der Waals surface area contributed by atoms with Gasteiger partial charge in [-0.1, -0.05) is 20.8 Å². The van der Waals surface area contributed by atoms with E-state index in [1.54, 1.807) is 0 Å². The molecule has 0 aliphatic heterocycles. The first-order valence-electron chi connectivity index (χ1n) is 4.71. The highest BCUT2D eigenvalue weighted by atomic mass is 16.4. The first kappa shape index (κ1) is 12.2. The van der Waals surface area contributed by atoms with Crippen LogP contribution in [0.2, 0.25) is 0 Å². The Bertz CT molecular complexity index is 446. The number of carboxylic acids is 2. The van der Waals surface area contributed by atoms with E-state index in [2.05, 4.69) is 4.98 Å². The molecule has 0 aliphatic rings. The molecule has 0 saturated carbocycles. The maximum absolute atomic E-state index is 11.1. The van der Waals surface area contributed by atoms with Crippen LogP contribution < -0.4 is 0 Å². The average molecular weight is 223 g/mol. The van der Waals surface area contributed by atoms with Gasteiger partial charge in [-0.25, -0.2) is 14.6 Å². The lowest BCUT2D eigenvalue weighted by atomic mass is 9.83. The van der Waals surface area contributed by atoms with E-state index in [9.17, 15) is 9.59 Å². The third kappa shape index (κ3) is 2.18. The summed E-state index contributed by atoms with van der Waals surface area (Å²) in [5.41, 5.74) is -0.629. The molecular formula is C11H13NO4. The number of rotatable bonds is 2. The zero-order valence-corrected chi connectivity index (χ0v) is 9.31. The molecule has 1 heterocycles. The fourth-order valence-electron chi connectivity index (χ4n) is 1.47. The van der Waals surface area contributed by atoms with E-state index in [4.69, 9.17) is 10.2 Å². The van der Waals surface area contributed by atoms with E-state index >= 15 is 0 Å². The summed E-state index contributed by atoms with van der Waals surface area (Å²) in [7, 11) is 0. The lowest BCUT2D eigenvalue weighted by molar-refractivity contribution is 0.0644. The summed E-state index contributed by atoms with van der Waals surface area (Å²) in [5.74, 6) is -2.60. The molecule has 1 aromatic heterocycles. The van der Waals surface area contributed by atoms with Gasteiger partial charge in [0.15, 0.2) is 5.69 Å². The number of aromatic nitrogens is 1. The summed E-state index contributed by atoms with van der Waals surface area (Å²) in [5, 5.41) is 17.9. The number of aromatic carboxylic acids is 2. The maximum Gasteiger partial charge on any atom is 0.355 e. The zero-order valence-electron chi connectivity index (χ0n) is 9.31. The minimum atomic E-state index is -1.33. The fourth-order valence-corrected chi connectivity index (χ4v) is 1.47. The van der Waals surface area contributed by atoms with Crippen molar-refractivity contribution in [2.24, 2.45) is 0 Å². The number of hydrogen-bond acceptors (Lipinski definition) is 3. The molecule has 0 saturated heterocycles. The predicted molar refractivity (Wildman–Crippen MR) is 56.9 cm³/mol. The largest absolute Gasteiger partial charge is 0.478 e. The molecule has 2 N–H and O–H groups in total.